The molecule has 7 heteroatoms. The number of anilines is 1. The van der Waals surface area contributed by atoms with Gasteiger partial charge in [0.1, 0.15) is 11.6 Å². The summed E-state index contributed by atoms with van der Waals surface area (Å²) in [6.45, 7) is 1.78. The third-order valence-corrected chi connectivity index (χ3v) is 3.82. The maximum atomic E-state index is 13.3. The number of thioether (sulfide) groups is 1. The van der Waals surface area contributed by atoms with Crippen molar-refractivity contribution in [1.29, 1.82) is 0 Å². The molecule has 22 heavy (non-hydrogen) atoms. The zero-order chi connectivity index (χ0) is 16.1. The van der Waals surface area contributed by atoms with Gasteiger partial charge in [-0.3, -0.25) is 10.1 Å². The Kier molecular flexibility index (Phi) is 5.21. The number of hydrogen-bond donors (Lipinski definition) is 1. The standard InChI is InChI=1S/C15H15FN2O3S/c1-10-7-12(4-5-14(10)18(19)20)21-9-17-13-8-11(16)3-6-15(13)22-2/h3-8,17H,9H2,1-2H3. The van der Waals surface area contributed by atoms with Gasteiger partial charge in [-0.15, -0.1) is 11.8 Å². The second-order valence-corrected chi connectivity index (χ2v) is 5.36. The molecule has 0 atom stereocenters. The fraction of sp³-hybridized carbons (Fsp3) is 0.200. The Hall–Kier alpha value is -2.28. The van der Waals surface area contributed by atoms with Crippen LogP contribution in [0.3, 0.4) is 0 Å². The Morgan fingerprint density at radius 2 is 2.09 bits per heavy atom. The molecule has 0 aliphatic rings. The minimum Gasteiger partial charge on any atom is -0.473 e. The molecule has 2 rings (SSSR count). The summed E-state index contributed by atoms with van der Waals surface area (Å²) in [6.07, 6.45) is 1.90. The highest BCUT2D eigenvalue weighted by Crippen LogP contribution is 2.26. The van der Waals surface area contributed by atoms with Gasteiger partial charge in [-0.05, 0) is 43.5 Å². The number of halogens is 1. The molecule has 0 aromatic heterocycles. The van der Waals surface area contributed by atoms with Crippen LogP contribution in [0.4, 0.5) is 15.8 Å². The first-order valence-corrected chi connectivity index (χ1v) is 7.69. The van der Waals surface area contributed by atoms with Gasteiger partial charge >= 0.3 is 0 Å². The lowest BCUT2D eigenvalue weighted by atomic mass is 10.2. The van der Waals surface area contributed by atoms with E-state index in [1.165, 1.54) is 36.0 Å². The molecule has 2 aromatic rings. The number of ether oxygens (including phenoxy) is 1. The van der Waals surface area contributed by atoms with Crippen molar-refractivity contribution in [2.75, 3.05) is 18.3 Å². The van der Waals surface area contributed by atoms with Crippen molar-refractivity contribution in [3.8, 4) is 5.75 Å². The van der Waals surface area contributed by atoms with Crippen LogP contribution in [0.2, 0.25) is 0 Å². The summed E-state index contributed by atoms with van der Waals surface area (Å²) in [4.78, 5) is 11.2. The molecule has 0 radical (unpaired) electrons. The maximum Gasteiger partial charge on any atom is 0.272 e. The quantitative estimate of drug-likeness (QED) is 0.373. The average molecular weight is 322 g/mol. The SMILES string of the molecule is CSc1ccc(F)cc1NCOc1ccc([N+](=O)[O-])c(C)c1. The number of nitro benzene ring substituents is 1. The van der Waals surface area contributed by atoms with Crippen molar-refractivity contribution in [2.24, 2.45) is 0 Å². The second kappa shape index (κ2) is 7.13. The van der Waals surface area contributed by atoms with Crippen LogP contribution >= 0.6 is 11.8 Å². The van der Waals surface area contributed by atoms with Crippen LogP contribution in [0, 0.1) is 22.9 Å². The third kappa shape index (κ3) is 3.88. The number of aryl methyl sites for hydroxylation is 1. The van der Waals surface area contributed by atoms with Crippen LogP contribution in [-0.4, -0.2) is 17.9 Å². The monoisotopic (exact) mass is 322 g/mol. The number of benzene rings is 2. The third-order valence-electron chi connectivity index (χ3n) is 3.03. The van der Waals surface area contributed by atoms with E-state index in [1.807, 2.05) is 6.26 Å². The first kappa shape index (κ1) is 16.1. The van der Waals surface area contributed by atoms with E-state index < -0.39 is 4.92 Å². The highest BCUT2D eigenvalue weighted by atomic mass is 32.2. The van der Waals surface area contributed by atoms with E-state index in [-0.39, 0.29) is 18.2 Å². The zero-order valence-corrected chi connectivity index (χ0v) is 12.9. The minimum atomic E-state index is -0.436. The molecule has 0 aliphatic heterocycles. The molecule has 0 heterocycles. The highest BCUT2D eigenvalue weighted by Gasteiger charge is 2.10. The summed E-state index contributed by atoms with van der Waals surface area (Å²) < 4.78 is 18.8. The summed E-state index contributed by atoms with van der Waals surface area (Å²) in [6, 6.07) is 9.03. The van der Waals surface area contributed by atoms with Crippen LogP contribution in [-0.2, 0) is 0 Å². The van der Waals surface area contributed by atoms with Gasteiger partial charge in [-0.2, -0.15) is 0 Å². The van der Waals surface area contributed by atoms with E-state index in [0.717, 1.165) is 4.90 Å². The molecule has 0 amide bonds. The molecule has 0 aliphatic carbocycles. The first-order valence-electron chi connectivity index (χ1n) is 6.46. The molecule has 5 nitrogen and oxygen atoms in total. The number of nitro groups is 1. The highest BCUT2D eigenvalue weighted by molar-refractivity contribution is 7.98. The summed E-state index contributed by atoms with van der Waals surface area (Å²) in [7, 11) is 0. The van der Waals surface area contributed by atoms with Gasteiger partial charge in [0, 0.05) is 16.5 Å². The minimum absolute atomic E-state index is 0.0510. The first-order chi connectivity index (χ1) is 10.5. The Labute approximate surface area is 131 Å². The van der Waals surface area contributed by atoms with Crippen LogP contribution in [0.25, 0.3) is 0 Å². The zero-order valence-electron chi connectivity index (χ0n) is 12.1. The van der Waals surface area contributed by atoms with Crippen molar-refractivity contribution >= 4 is 23.1 Å². The van der Waals surface area contributed by atoms with Gasteiger partial charge in [0.2, 0.25) is 0 Å². The van der Waals surface area contributed by atoms with Crippen molar-refractivity contribution < 1.29 is 14.1 Å². The van der Waals surface area contributed by atoms with E-state index in [4.69, 9.17) is 4.74 Å². The largest absolute Gasteiger partial charge is 0.473 e. The predicted molar refractivity (Wildman–Crippen MR) is 85.1 cm³/mol. The van der Waals surface area contributed by atoms with Crippen LogP contribution in [0.1, 0.15) is 5.56 Å². The maximum absolute atomic E-state index is 13.3. The molecule has 0 fully saturated rings. The number of nitrogens with one attached hydrogen (secondary N) is 1. The Morgan fingerprint density at radius 1 is 1.32 bits per heavy atom. The van der Waals surface area contributed by atoms with Crippen LogP contribution < -0.4 is 10.1 Å². The fourth-order valence-corrected chi connectivity index (χ4v) is 2.49. The number of nitrogens with zero attached hydrogens (tertiary/aromatic N) is 1. The topological polar surface area (TPSA) is 64.4 Å². The molecular formula is C15H15FN2O3S. The van der Waals surface area contributed by atoms with Gasteiger partial charge < -0.3 is 10.1 Å². The van der Waals surface area contributed by atoms with E-state index >= 15 is 0 Å². The second-order valence-electron chi connectivity index (χ2n) is 4.52. The number of hydrogen-bond acceptors (Lipinski definition) is 5. The van der Waals surface area contributed by atoms with Crippen molar-refractivity contribution in [3.05, 3.63) is 57.9 Å². The van der Waals surface area contributed by atoms with E-state index in [1.54, 1.807) is 19.1 Å². The predicted octanol–water partition coefficient (Wildman–Crippen LogP) is 4.21. The Morgan fingerprint density at radius 3 is 2.73 bits per heavy atom. The lowest BCUT2D eigenvalue weighted by Crippen LogP contribution is -2.10. The lowest BCUT2D eigenvalue weighted by molar-refractivity contribution is -0.385. The van der Waals surface area contributed by atoms with Crippen LogP contribution in [0.15, 0.2) is 41.3 Å². The fourth-order valence-electron chi connectivity index (χ4n) is 1.94. The molecule has 116 valence electrons. The summed E-state index contributed by atoms with van der Waals surface area (Å²) >= 11 is 1.50. The molecule has 0 unspecified atom stereocenters. The smallest absolute Gasteiger partial charge is 0.272 e. The van der Waals surface area contributed by atoms with Gasteiger partial charge in [0.25, 0.3) is 5.69 Å². The lowest BCUT2D eigenvalue weighted by Gasteiger charge is -2.12. The molecule has 2 aromatic carbocycles. The van der Waals surface area contributed by atoms with Crippen molar-refractivity contribution in [1.82, 2.24) is 0 Å². The Balaban J connectivity index is 2.01. The molecular weight excluding hydrogens is 307 g/mol. The molecule has 0 bridgehead atoms. The van der Waals surface area contributed by atoms with E-state index in [0.29, 0.717) is 17.0 Å². The normalized spacial score (nSPS) is 10.3. The molecule has 1 N–H and O–H groups in total. The van der Waals surface area contributed by atoms with Crippen molar-refractivity contribution in [3.63, 3.8) is 0 Å². The molecule has 0 spiro atoms. The van der Waals surface area contributed by atoms with Gasteiger partial charge in [0.15, 0.2) is 6.73 Å². The van der Waals surface area contributed by atoms with E-state index in [9.17, 15) is 14.5 Å². The van der Waals surface area contributed by atoms with Crippen LogP contribution in [0.5, 0.6) is 5.75 Å². The summed E-state index contributed by atoms with van der Waals surface area (Å²) in [5.41, 5.74) is 1.22. The van der Waals surface area contributed by atoms with Gasteiger partial charge in [0.05, 0.1) is 10.6 Å². The summed E-state index contributed by atoms with van der Waals surface area (Å²) in [5.74, 6) is 0.184. The Bertz CT molecular complexity index is 694. The average Bonchev–Trinajstić information content (AvgIpc) is 2.47. The number of rotatable bonds is 6. The van der Waals surface area contributed by atoms with Gasteiger partial charge in [-0.25, -0.2) is 4.39 Å². The van der Waals surface area contributed by atoms with Gasteiger partial charge in [-0.1, -0.05) is 0 Å². The van der Waals surface area contributed by atoms with E-state index in [2.05, 4.69) is 5.32 Å². The van der Waals surface area contributed by atoms with Crippen molar-refractivity contribution in [2.45, 2.75) is 11.8 Å². The molecule has 0 saturated carbocycles. The molecule has 0 saturated heterocycles. The summed E-state index contributed by atoms with van der Waals surface area (Å²) in [5, 5.41) is 13.7.